The number of amides is 1. The Morgan fingerprint density at radius 2 is 2.00 bits per heavy atom. The van der Waals surface area contributed by atoms with Gasteiger partial charge in [-0.15, -0.1) is 5.10 Å². The maximum atomic E-state index is 11.2. The zero-order valence-corrected chi connectivity index (χ0v) is 13.1. The van der Waals surface area contributed by atoms with Crippen LogP contribution in [0.3, 0.4) is 0 Å². The minimum Gasteiger partial charge on any atom is -0.437 e. The molecule has 0 atom stereocenters. The highest BCUT2D eigenvalue weighted by Gasteiger charge is 2.21. The van der Waals surface area contributed by atoms with E-state index >= 15 is 0 Å². The first-order valence-electron chi connectivity index (χ1n) is 7.06. The van der Waals surface area contributed by atoms with Gasteiger partial charge in [-0.05, 0) is 26.0 Å². The van der Waals surface area contributed by atoms with Crippen LogP contribution in [0, 0.1) is 20.8 Å². The van der Waals surface area contributed by atoms with Crippen molar-refractivity contribution in [2.45, 2.75) is 27.2 Å². The minimum absolute atomic E-state index is 0.0576. The summed E-state index contributed by atoms with van der Waals surface area (Å²) >= 11 is 0. The van der Waals surface area contributed by atoms with Gasteiger partial charge in [-0.2, -0.15) is 4.68 Å². The number of carbonyl (C=O) groups is 1. The molecule has 0 aromatic carbocycles. The van der Waals surface area contributed by atoms with E-state index in [-0.39, 0.29) is 6.42 Å². The first-order valence-corrected chi connectivity index (χ1v) is 7.06. The summed E-state index contributed by atoms with van der Waals surface area (Å²) < 4.78 is 7.17. The summed E-state index contributed by atoms with van der Waals surface area (Å²) in [5.74, 6) is 1.85. The molecule has 1 amide bonds. The van der Waals surface area contributed by atoms with E-state index in [2.05, 4.69) is 20.1 Å². The van der Waals surface area contributed by atoms with Gasteiger partial charge in [0.25, 0.3) is 0 Å². The highest BCUT2D eigenvalue weighted by Crippen LogP contribution is 2.25. The SMILES string of the molecule is Cc1cccc(-n2nc(CC(N)=O)nc2-c2oc(C)nc2C)n1. The van der Waals surface area contributed by atoms with Crippen molar-refractivity contribution in [1.29, 1.82) is 0 Å². The number of rotatable bonds is 4. The molecule has 0 aliphatic heterocycles. The first kappa shape index (κ1) is 14.9. The third kappa shape index (κ3) is 2.96. The second kappa shape index (κ2) is 5.64. The summed E-state index contributed by atoms with van der Waals surface area (Å²) in [6.45, 7) is 5.46. The van der Waals surface area contributed by atoms with Gasteiger partial charge in [-0.25, -0.2) is 15.0 Å². The van der Waals surface area contributed by atoms with Crippen molar-refractivity contribution in [3.8, 4) is 17.4 Å². The van der Waals surface area contributed by atoms with E-state index in [4.69, 9.17) is 10.2 Å². The van der Waals surface area contributed by atoms with Gasteiger partial charge in [0.2, 0.25) is 11.7 Å². The fraction of sp³-hybridized carbons (Fsp3) is 0.267. The quantitative estimate of drug-likeness (QED) is 0.776. The maximum absolute atomic E-state index is 11.2. The summed E-state index contributed by atoms with van der Waals surface area (Å²) in [6.07, 6.45) is -0.0576. The van der Waals surface area contributed by atoms with Crippen molar-refractivity contribution < 1.29 is 9.21 Å². The summed E-state index contributed by atoms with van der Waals surface area (Å²) in [7, 11) is 0. The molecule has 0 bridgehead atoms. The number of carbonyl (C=O) groups excluding carboxylic acids is 1. The van der Waals surface area contributed by atoms with Crippen LogP contribution in [0.1, 0.15) is 23.1 Å². The van der Waals surface area contributed by atoms with E-state index in [1.54, 1.807) is 13.0 Å². The van der Waals surface area contributed by atoms with Gasteiger partial charge < -0.3 is 10.2 Å². The zero-order chi connectivity index (χ0) is 16.6. The van der Waals surface area contributed by atoms with Gasteiger partial charge in [0.1, 0.15) is 0 Å². The lowest BCUT2D eigenvalue weighted by molar-refractivity contribution is -0.117. The fourth-order valence-corrected chi connectivity index (χ4v) is 2.28. The lowest BCUT2D eigenvalue weighted by atomic mass is 10.3. The van der Waals surface area contributed by atoms with Crippen LogP contribution >= 0.6 is 0 Å². The van der Waals surface area contributed by atoms with Crippen molar-refractivity contribution in [1.82, 2.24) is 24.7 Å². The number of aromatic nitrogens is 5. The molecule has 8 heteroatoms. The smallest absolute Gasteiger partial charge is 0.225 e. The van der Waals surface area contributed by atoms with Crippen LogP contribution < -0.4 is 5.73 Å². The molecule has 0 aliphatic rings. The second-order valence-electron chi connectivity index (χ2n) is 5.19. The number of hydrogen-bond acceptors (Lipinski definition) is 6. The normalized spacial score (nSPS) is 10.9. The van der Waals surface area contributed by atoms with Crippen LogP contribution in [0.4, 0.5) is 0 Å². The number of oxazole rings is 1. The van der Waals surface area contributed by atoms with E-state index in [0.717, 1.165) is 5.69 Å². The molecule has 118 valence electrons. The number of primary amides is 1. The number of aryl methyl sites for hydroxylation is 3. The minimum atomic E-state index is -0.503. The predicted octanol–water partition coefficient (Wildman–Crippen LogP) is 1.27. The Morgan fingerprint density at radius 1 is 1.22 bits per heavy atom. The van der Waals surface area contributed by atoms with Gasteiger partial charge in [0.15, 0.2) is 23.3 Å². The third-order valence-corrected chi connectivity index (χ3v) is 3.18. The molecule has 2 N–H and O–H groups in total. The Bertz CT molecular complexity index is 880. The number of hydrogen-bond donors (Lipinski definition) is 1. The summed E-state index contributed by atoms with van der Waals surface area (Å²) in [5, 5.41) is 4.34. The van der Waals surface area contributed by atoms with Gasteiger partial charge in [-0.3, -0.25) is 4.79 Å². The molecule has 0 spiro atoms. The Balaban J connectivity index is 2.18. The number of pyridine rings is 1. The Hall–Kier alpha value is -3.03. The molecule has 3 aromatic heterocycles. The van der Waals surface area contributed by atoms with Crippen molar-refractivity contribution in [2.75, 3.05) is 0 Å². The molecular weight excluding hydrogens is 296 g/mol. The second-order valence-corrected chi connectivity index (χ2v) is 5.19. The molecule has 3 heterocycles. The highest BCUT2D eigenvalue weighted by molar-refractivity contribution is 5.75. The zero-order valence-electron chi connectivity index (χ0n) is 13.1. The average Bonchev–Trinajstić information content (AvgIpc) is 3.01. The summed E-state index contributed by atoms with van der Waals surface area (Å²) in [4.78, 5) is 24.2. The topological polar surface area (TPSA) is 113 Å². The third-order valence-electron chi connectivity index (χ3n) is 3.18. The van der Waals surface area contributed by atoms with Crippen molar-refractivity contribution in [3.63, 3.8) is 0 Å². The standard InChI is InChI=1S/C15H16N6O2/c1-8-5-4-6-13(17-8)21-15(14-9(2)18-10(3)23-14)19-12(20-21)7-11(16)22/h4-6H,7H2,1-3H3,(H2,16,22). The van der Waals surface area contributed by atoms with Gasteiger partial charge in [0, 0.05) is 12.6 Å². The van der Waals surface area contributed by atoms with Crippen LogP contribution in [0.25, 0.3) is 17.4 Å². The Kier molecular flexibility index (Phi) is 3.65. The van der Waals surface area contributed by atoms with E-state index in [0.29, 0.717) is 34.8 Å². The number of nitrogens with two attached hydrogens (primary N) is 1. The van der Waals surface area contributed by atoms with Crippen molar-refractivity contribution in [2.24, 2.45) is 5.73 Å². The van der Waals surface area contributed by atoms with Gasteiger partial charge >= 0.3 is 0 Å². The van der Waals surface area contributed by atoms with E-state index in [1.807, 2.05) is 26.0 Å². The monoisotopic (exact) mass is 312 g/mol. The molecule has 0 saturated heterocycles. The highest BCUT2D eigenvalue weighted by atomic mass is 16.4. The summed E-state index contributed by atoms with van der Waals surface area (Å²) in [5.41, 5.74) is 6.77. The van der Waals surface area contributed by atoms with Crippen LogP contribution in [0.5, 0.6) is 0 Å². The molecule has 0 fully saturated rings. The van der Waals surface area contributed by atoms with Crippen LogP contribution in [-0.2, 0) is 11.2 Å². The lowest BCUT2D eigenvalue weighted by Crippen LogP contribution is -2.14. The molecule has 0 aliphatic carbocycles. The Labute approximate surface area is 132 Å². The van der Waals surface area contributed by atoms with Crippen LogP contribution in [-0.4, -0.2) is 30.6 Å². The number of nitrogens with zero attached hydrogens (tertiary/aromatic N) is 5. The molecule has 0 unspecified atom stereocenters. The predicted molar refractivity (Wildman–Crippen MR) is 81.8 cm³/mol. The van der Waals surface area contributed by atoms with E-state index in [1.165, 1.54) is 4.68 Å². The molecule has 0 radical (unpaired) electrons. The van der Waals surface area contributed by atoms with Gasteiger partial charge in [0.05, 0.1) is 12.1 Å². The molecular formula is C15H16N6O2. The van der Waals surface area contributed by atoms with E-state index < -0.39 is 5.91 Å². The van der Waals surface area contributed by atoms with Crippen LogP contribution in [0.15, 0.2) is 22.6 Å². The molecule has 0 saturated carbocycles. The lowest BCUT2D eigenvalue weighted by Gasteiger charge is -2.04. The molecule has 8 nitrogen and oxygen atoms in total. The largest absolute Gasteiger partial charge is 0.437 e. The van der Waals surface area contributed by atoms with Crippen LogP contribution in [0.2, 0.25) is 0 Å². The average molecular weight is 312 g/mol. The van der Waals surface area contributed by atoms with Crippen molar-refractivity contribution >= 4 is 5.91 Å². The first-order chi connectivity index (χ1) is 10.9. The molecule has 3 aromatic rings. The Morgan fingerprint density at radius 3 is 2.61 bits per heavy atom. The summed E-state index contributed by atoms with van der Waals surface area (Å²) in [6, 6.07) is 5.56. The fourth-order valence-electron chi connectivity index (χ4n) is 2.28. The maximum Gasteiger partial charge on any atom is 0.225 e. The van der Waals surface area contributed by atoms with Gasteiger partial charge in [-0.1, -0.05) is 6.07 Å². The van der Waals surface area contributed by atoms with Crippen molar-refractivity contribution in [3.05, 3.63) is 41.3 Å². The molecule has 3 rings (SSSR count). The molecule has 23 heavy (non-hydrogen) atoms. The van der Waals surface area contributed by atoms with E-state index in [9.17, 15) is 4.79 Å².